The first-order chi connectivity index (χ1) is 7.20. The third-order valence-corrected chi connectivity index (χ3v) is 3.07. The first kappa shape index (κ1) is 12.1. The fraction of sp³-hybridized carbons (Fsp3) is 0.583. The van der Waals surface area contributed by atoms with Crippen LogP contribution in [0.2, 0.25) is 0 Å². The predicted molar refractivity (Wildman–Crippen MR) is 63.5 cm³/mol. The molecule has 0 saturated heterocycles. The normalized spacial score (nSPS) is 15.3. The first-order valence-corrected chi connectivity index (χ1v) is 5.52. The summed E-state index contributed by atoms with van der Waals surface area (Å²) in [6.45, 7) is 5.05. The summed E-state index contributed by atoms with van der Waals surface area (Å²) in [5, 5.41) is 0. The minimum Gasteiger partial charge on any atom is -0.329 e. The van der Waals surface area contributed by atoms with Gasteiger partial charge in [0.05, 0.1) is 0 Å². The number of likely N-dealkylation sites (N-methyl/N-ethyl adjacent to an activating group) is 1. The van der Waals surface area contributed by atoms with Gasteiger partial charge >= 0.3 is 0 Å². The molecular formula is C12H21N3. The summed E-state index contributed by atoms with van der Waals surface area (Å²) >= 11 is 0. The van der Waals surface area contributed by atoms with Crippen LogP contribution in [0, 0.1) is 0 Å². The fourth-order valence-corrected chi connectivity index (χ4v) is 1.71. The van der Waals surface area contributed by atoms with Gasteiger partial charge in [-0.2, -0.15) is 0 Å². The summed E-state index contributed by atoms with van der Waals surface area (Å²) < 4.78 is 0. The predicted octanol–water partition coefficient (Wildman–Crippen LogP) is 1.81. The van der Waals surface area contributed by atoms with Crippen molar-refractivity contribution >= 4 is 0 Å². The maximum Gasteiger partial charge on any atom is 0.0485 e. The van der Waals surface area contributed by atoms with Crippen molar-refractivity contribution in [1.29, 1.82) is 0 Å². The molecule has 1 aromatic heterocycles. The van der Waals surface area contributed by atoms with E-state index >= 15 is 0 Å². The van der Waals surface area contributed by atoms with Gasteiger partial charge in [-0.1, -0.05) is 13.0 Å². The van der Waals surface area contributed by atoms with Crippen molar-refractivity contribution in [2.24, 2.45) is 5.73 Å². The molecule has 1 aromatic rings. The Hall–Kier alpha value is -0.930. The Morgan fingerprint density at radius 1 is 1.53 bits per heavy atom. The zero-order chi connectivity index (χ0) is 11.3. The number of nitrogens with zero attached hydrogens (tertiary/aromatic N) is 2. The average molecular weight is 207 g/mol. The molecule has 0 radical (unpaired) electrons. The second kappa shape index (κ2) is 5.83. The minimum absolute atomic E-state index is 0.272. The zero-order valence-corrected chi connectivity index (χ0v) is 9.85. The van der Waals surface area contributed by atoms with Gasteiger partial charge in [-0.05, 0) is 32.0 Å². The minimum atomic E-state index is 0.272. The standard InChI is InChI=1S/C12H21N3/c1-4-10(2)15(3)12(8-13)11-6-5-7-14-9-11/h5-7,9-10,12H,4,8,13H2,1-3H3. The van der Waals surface area contributed by atoms with Crippen molar-refractivity contribution in [3.8, 4) is 0 Å². The summed E-state index contributed by atoms with van der Waals surface area (Å²) in [5.74, 6) is 0. The molecule has 2 N–H and O–H groups in total. The number of aromatic nitrogens is 1. The zero-order valence-electron chi connectivity index (χ0n) is 9.85. The Morgan fingerprint density at radius 2 is 2.27 bits per heavy atom. The molecule has 0 fully saturated rings. The molecule has 0 amide bonds. The van der Waals surface area contributed by atoms with Gasteiger partial charge in [0.15, 0.2) is 0 Å². The lowest BCUT2D eigenvalue weighted by atomic mass is 10.1. The topological polar surface area (TPSA) is 42.1 Å². The van der Waals surface area contributed by atoms with Gasteiger partial charge in [-0.15, -0.1) is 0 Å². The van der Waals surface area contributed by atoms with Crippen molar-refractivity contribution in [3.63, 3.8) is 0 Å². The molecule has 2 unspecified atom stereocenters. The van der Waals surface area contributed by atoms with Crippen molar-refractivity contribution in [2.75, 3.05) is 13.6 Å². The molecule has 84 valence electrons. The van der Waals surface area contributed by atoms with Crippen molar-refractivity contribution in [1.82, 2.24) is 9.88 Å². The highest BCUT2D eigenvalue weighted by Gasteiger charge is 2.18. The van der Waals surface area contributed by atoms with E-state index in [4.69, 9.17) is 5.73 Å². The third-order valence-electron chi connectivity index (χ3n) is 3.07. The molecule has 1 rings (SSSR count). The van der Waals surface area contributed by atoms with Crippen LogP contribution >= 0.6 is 0 Å². The number of nitrogens with two attached hydrogens (primary N) is 1. The Labute approximate surface area is 92.3 Å². The SMILES string of the molecule is CCC(C)N(C)C(CN)c1cccnc1. The molecule has 0 saturated carbocycles. The third kappa shape index (κ3) is 3.01. The molecule has 0 aromatic carbocycles. The van der Waals surface area contributed by atoms with E-state index in [-0.39, 0.29) is 6.04 Å². The number of pyridine rings is 1. The smallest absolute Gasteiger partial charge is 0.0485 e. The molecule has 3 nitrogen and oxygen atoms in total. The number of hydrogen-bond acceptors (Lipinski definition) is 3. The van der Waals surface area contributed by atoms with Gasteiger partial charge < -0.3 is 5.73 Å². The number of rotatable bonds is 5. The van der Waals surface area contributed by atoms with E-state index in [2.05, 4.69) is 36.8 Å². The Balaban J connectivity index is 2.80. The van der Waals surface area contributed by atoms with Gasteiger partial charge in [-0.25, -0.2) is 0 Å². The second-order valence-electron chi connectivity index (χ2n) is 3.96. The van der Waals surface area contributed by atoms with Crippen LogP contribution in [0.1, 0.15) is 31.9 Å². The molecule has 0 aliphatic carbocycles. The van der Waals surface area contributed by atoms with E-state index in [1.807, 2.05) is 12.3 Å². The monoisotopic (exact) mass is 207 g/mol. The van der Waals surface area contributed by atoms with E-state index < -0.39 is 0 Å². The molecule has 2 atom stereocenters. The second-order valence-corrected chi connectivity index (χ2v) is 3.96. The lowest BCUT2D eigenvalue weighted by Gasteiger charge is -2.32. The van der Waals surface area contributed by atoms with Crippen molar-refractivity contribution < 1.29 is 0 Å². The summed E-state index contributed by atoms with van der Waals surface area (Å²) in [5.41, 5.74) is 7.03. The number of hydrogen-bond donors (Lipinski definition) is 1. The van der Waals surface area contributed by atoms with Gasteiger partial charge in [0.1, 0.15) is 0 Å². The first-order valence-electron chi connectivity index (χ1n) is 5.52. The van der Waals surface area contributed by atoms with E-state index in [0.717, 1.165) is 6.42 Å². The van der Waals surface area contributed by atoms with Gasteiger partial charge in [0, 0.05) is 31.0 Å². The Kier molecular flexibility index (Phi) is 4.72. The molecule has 3 heteroatoms. The largest absolute Gasteiger partial charge is 0.329 e. The Morgan fingerprint density at radius 3 is 2.73 bits per heavy atom. The maximum atomic E-state index is 5.83. The highest BCUT2D eigenvalue weighted by atomic mass is 15.2. The highest BCUT2D eigenvalue weighted by Crippen LogP contribution is 2.20. The molecular weight excluding hydrogens is 186 g/mol. The highest BCUT2D eigenvalue weighted by molar-refractivity contribution is 5.14. The van der Waals surface area contributed by atoms with Crippen LogP contribution in [0.5, 0.6) is 0 Å². The van der Waals surface area contributed by atoms with E-state index in [0.29, 0.717) is 12.6 Å². The van der Waals surface area contributed by atoms with Crippen LogP contribution in [-0.2, 0) is 0 Å². The van der Waals surface area contributed by atoms with Crippen molar-refractivity contribution in [3.05, 3.63) is 30.1 Å². The Bertz CT molecular complexity index is 273. The van der Waals surface area contributed by atoms with Crippen LogP contribution in [0.4, 0.5) is 0 Å². The van der Waals surface area contributed by atoms with Gasteiger partial charge in [0.25, 0.3) is 0 Å². The van der Waals surface area contributed by atoms with Crippen LogP contribution in [-0.4, -0.2) is 29.5 Å². The van der Waals surface area contributed by atoms with Crippen LogP contribution in [0.15, 0.2) is 24.5 Å². The summed E-state index contributed by atoms with van der Waals surface area (Å²) in [4.78, 5) is 6.46. The molecule has 15 heavy (non-hydrogen) atoms. The van der Waals surface area contributed by atoms with Crippen molar-refractivity contribution in [2.45, 2.75) is 32.4 Å². The molecule has 0 aliphatic heterocycles. The summed E-state index contributed by atoms with van der Waals surface area (Å²) in [6.07, 6.45) is 4.82. The lowest BCUT2D eigenvalue weighted by molar-refractivity contribution is 0.184. The van der Waals surface area contributed by atoms with Crippen LogP contribution in [0.25, 0.3) is 0 Å². The lowest BCUT2D eigenvalue weighted by Crippen LogP contribution is -2.36. The van der Waals surface area contributed by atoms with Crippen LogP contribution in [0.3, 0.4) is 0 Å². The van der Waals surface area contributed by atoms with Crippen LogP contribution < -0.4 is 5.73 Å². The van der Waals surface area contributed by atoms with E-state index in [1.165, 1.54) is 5.56 Å². The average Bonchev–Trinajstić information content (AvgIpc) is 2.30. The molecule has 0 spiro atoms. The van der Waals surface area contributed by atoms with E-state index in [1.54, 1.807) is 6.20 Å². The fourth-order valence-electron chi connectivity index (χ4n) is 1.71. The maximum absolute atomic E-state index is 5.83. The molecule has 0 aliphatic rings. The summed E-state index contributed by atoms with van der Waals surface area (Å²) in [6, 6.07) is 4.86. The van der Waals surface area contributed by atoms with Gasteiger partial charge in [0.2, 0.25) is 0 Å². The van der Waals surface area contributed by atoms with E-state index in [9.17, 15) is 0 Å². The molecule has 0 bridgehead atoms. The summed E-state index contributed by atoms with van der Waals surface area (Å²) in [7, 11) is 2.12. The molecule has 1 heterocycles. The quantitative estimate of drug-likeness (QED) is 0.800. The van der Waals surface area contributed by atoms with Gasteiger partial charge in [-0.3, -0.25) is 9.88 Å².